The lowest BCUT2D eigenvalue weighted by Gasteiger charge is -2.43. The van der Waals surface area contributed by atoms with Gasteiger partial charge in [0.1, 0.15) is 12.7 Å². The van der Waals surface area contributed by atoms with Gasteiger partial charge in [-0.2, -0.15) is 0 Å². The second-order valence-corrected chi connectivity index (χ2v) is 12.3. The summed E-state index contributed by atoms with van der Waals surface area (Å²) in [7, 11) is 0. The normalized spacial score (nSPS) is 18.6. The van der Waals surface area contributed by atoms with Gasteiger partial charge in [0.05, 0.1) is 22.3 Å². The zero-order valence-electron chi connectivity index (χ0n) is 29.6. The fraction of sp³-hybridized carbons (Fsp3) is 0.194. The molecule has 0 radical (unpaired) electrons. The van der Waals surface area contributed by atoms with Crippen LogP contribution >= 0.6 is 0 Å². The van der Waals surface area contributed by atoms with Crippen molar-refractivity contribution in [3.05, 3.63) is 70.8 Å². The van der Waals surface area contributed by atoms with E-state index in [-0.39, 0.29) is 0 Å². The highest BCUT2D eigenvalue weighted by Gasteiger charge is 2.54. The van der Waals surface area contributed by atoms with Gasteiger partial charge in [0, 0.05) is 6.92 Å². The van der Waals surface area contributed by atoms with Crippen LogP contribution in [0.3, 0.4) is 0 Å². The molecular weight excluding hydrogens is 800 g/mol. The Labute approximate surface area is 327 Å². The minimum Gasteiger partial charge on any atom is -0.504 e. The molecule has 4 aromatic rings. The fourth-order valence-electron chi connectivity index (χ4n) is 5.38. The summed E-state index contributed by atoms with van der Waals surface area (Å²) < 4.78 is 32.7. The van der Waals surface area contributed by atoms with Crippen LogP contribution < -0.4 is 0 Å². The lowest BCUT2D eigenvalue weighted by molar-refractivity contribution is -0.289. The molecule has 1 fully saturated rings. The van der Waals surface area contributed by atoms with Crippen LogP contribution in [0.5, 0.6) is 69.0 Å². The Morgan fingerprint density at radius 2 is 0.729 bits per heavy atom. The van der Waals surface area contributed by atoms with Crippen LogP contribution in [0.4, 0.5) is 0 Å². The number of carbonyl (C=O) groups excluding carboxylic acids is 5. The molecular formula is C36H30O23. The Balaban J connectivity index is 1.64. The number of hydrogen-bond acceptors (Lipinski definition) is 23. The second kappa shape index (κ2) is 16.5. The highest BCUT2D eigenvalue weighted by Crippen LogP contribution is 2.40. The number of hydrogen-bond donors (Lipinski definition) is 12. The summed E-state index contributed by atoms with van der Waals surface area (Å²) in [5.74, 6) is -19.6. The van der Waals surface area contributed by atoms with E-state index in [4.69, 9.17) is 28.4 Å². The summed E-state index contributed by atoms with van der Waals surface area (Å²) in [4.78, 5) is 66.2. The van der Waals surface area contributed by atoms with Gasteiger partial charge in [-0.1, -0.05) is 0 Å². The van der Waals surface area contributed by atoms with Crippen molar-refractivity contribution < 1.29 is 114 Å². The third kappa shape index (κ3) is 8.94. The van der Waals surface area contributed by atoms with E-state index in [1.54, 1.807) is 0 Å². The number of ether oxygens (including phenoxy) is 6. The summed E-state index contributed by atoms with van der Waals surface area (Å²) in [5.41, 5.74) is -2.75. The first-order chi connectivity index (χ1) is 27.7. The van der Waals surface area contributed by atoms with Crippen molar-refractivity contribution in [3.8, 4) is 69.0 Å². The molecule has 0 saturated carbocycles. The van der Waals surface area contributed by atoms with Gasteiger partial charge in [0.2, 0.25) is 12.4 Å². The van der Waals surface area contributed by atoms with Crippen LogP contribution in [0, 0.1) is 0 Å². The van der Waals surface area contributed by atoms with Crippen LogP contribution in [0.1, 0.15) is 48.4 Å². The van der Waals surface area contributed by atoms with Gasteiger partial charge in [-0.05, 0) is 48.5 Å². The molecule has 0 bridgehead atoms. The molecule has 4 aromatic carbocycles. The number of phenols is 12. The van der Waals surface area contributed by atoms with Crippen LogP contribution in [-0.4, -0.2) is 128 Å². The van der Waals surface area contributed by atoms with Gasteiger partial charge in [-0.3, -0.25) is 4.79 Å². The predicted octanol–water partition coefficient (Wildman–Crippen LogP) is 1.28. The number of phenolic OH excluding ortho intramolecular Hbond substituents is 12. The van der Waals surface area contributed by atoms with E-state index in [1.165, 1.54) is 0 Å². The maximum absolute atomic E-state index is 13.7. The summed E-state index contributed by atoms with van der Waals surface area (Å²) in [5, 5.41) is 119. The lowest BCUT2D eigenvalue weighted by atomic mass is 9.97. The molecule has 1 aliphatic rings. The quantitative estimate of drug-likeness (QED) is 0.0608. The lowest BCUT2D eigenvalue weighted by Crippen LogP contribution is -2.63. The van der Waals surface area contributed by atoms with E-state index >= 15 is 0 Å². The summed E-state index contributed by atoms with van der Waals surface area (Å²) in [6.07, 6.45) is -11.1. The molecule has 5 rings (SSSR count). The van der Waals surface area contributed by atoms with Crippen molar-refractivity contribution in [2.24, 2.45) is 0 Å². The maximum Gasteiger partial charge on any atom is 0.339 e. The molecule has 0 aliphatic carbocycles. The topological polar surface area (TPSA) is 383 Å². The van der Waals surface area contributed by atoms with Crippen LogP contribution in [-0.2, 0) is 33.2 Å². The zero-order valence-corrected chi connectivity index (χ0v) is 29.6. The molecule has 0 aromatic heterocycles. The molecule has 1 aliphatic heterocycles. The van der Waals surface area contributed by atoms with Crippen molar-refractivity contribution >= 4 is 29.8 Å². The average Bonchev–Trinajstić information content (AvgIpc) is 3.17. The zero-order chi connectivity index (χ0) is 43.6. The largest absolute Gasteiger partial charge is 0.504 e. The minimum absolute atomic E-state index is 0.587. The van der Waals surface area contributed by atoms with E-state index in [2.05, 4.69) is 0 Å². The van der Waals surface area contributed by atoms with Crippen LogP contribution in [0.2, 0.25) is 0 Å². The molecule has 1 heterocycles. The van der Waals surface area contributed by atoms with Gasteiger partial charge in [-0.15, -0.1) is 0 Å². The summed E-state index contributed by atoms with van der Waals surface area (Å²) >= 11 is 0. The molecule has 0 amide bonds. The summed E-state index contributed by atoms with van der Waals surface area (Å²) in [6, 6.07) is 4.94. The van der Waals surface area contributed by atoms with Crippen LogP contribution in [0.15, 0.2) is 48.5 Å². The minimum atomic E-state index is -2.34. The van der Waals surface area contributed by atoms with E-state index in [0.717, 1.165) is 6.92 Å². The van der Waals surface area contributed by atoms with Crippen molar-refractivity contribution in [2.45, 2.75) is 37.6 Å². The Hall–Kier alpha value is -8.21. The van der Waals surface area contributed by atoms with Gasteiger partial charge in [0.15, 0.2) is 81.2 Å². The van der Waals surface area contributed by atoms with E-state index in [0.29, 0.717) is 48.5 Å². The monoisotopic (exact) mass is 830 g/mol. The van der Waals surface area contributed by atoms with Crippen molar-refractivity contribution in [3.63, 3.8) is 0 Å². The number of benzene rings is 4. The number of rotatable bonds is 10. The van der Waals surface area contributed by atoms with Gasteiger partial charge >= 0.3 is 29.8 Å². The highest BCUT2D eigenvalue weighted by atomic mass is 16.7. The third-order valence-corrected chi connectivity index (χ3v) is 8.20. The van der Waals surface area contributed by atoms with Gasteiger partial charge in [0.25, 0.3) is 0 Å². The second-order valence-electron chi connectivity index (χ2n) is 12.3. The molecule has 5 atom stereocenters. The average molecular weight is 831 g/mol. The number of carbonyl (C=O) groups is 5. The molecule has 23 nitrogen and oxygen atoms in total. The van der Waals surface area contributed by atoms with Crippen molar-refractivity contribution in [1.29, 1.82) is 0 Å². The number of aromatic hydroxyl groups is 12. The Kier molecular flexibility index (Phi) is 11.7. The molecule has 1 saturated heterocycles. The Bertz CT molecular complexity index is 2260. The SMILES string of the molecule is CC(=O)O[C@H]1OC(COC(=O)c2cc(O)c(O)c(O)c2)[C@@H](OC(=O)c2cc(O)c(O)c(O)c2)C(OC(=O)c2cc(O)c(O)c(O)c2)[C@H]1OC(=O)c1cc(O)c(O)c(O)c1. The maximum atomic E-state index is 13.7. The first-order valence-electron chi connectivity index (χ1n) is 16.3. The van der Waals surface area contributed by atoms with Crippen molar-refractivity contribution in [2.75, 3.05) is 6.61 Å². The fourth-order valence-corrected chi connectivity index (χ4v) is 5.38. The highest BCUT2D eigenvalue weighted by molar-refractivity contribution is 5.93. The smallest absolute Gasteiger partial charge is 0.339 e. The molecule has 23 heteroatoms. The molecule has 12 N–H and O–H groups in total. The Morgan fingerprint density at radius 3 is 1.05 bits per heavy atom. The van der Waals surface area contributed by atoms with Crippen LogP contribution in [0.25, 0.3) is 0 Å². The number of esters is 5. The molecule has 59 heavy (non-hydrogen) atoms. The first-order valence-corrected chi connectivity index (χ1v) is 16.3. The molecule has 2 unspecified atom stereocenters. The molecule has 312 valence electrons. The van der Waals surface area contributed by atoms with E-state index in [1.807, 2.05) is 0 Å². The third-order valence-electron chi connectivity index (χ3n) is 8.20. The first kappa shape index (κ1) is 41.9. The van der Waals surface area contributed by atoms with Crippen molar-refractivity contribution in [1.82, 2.24) is 0 Å². The van der Waals surface area contributed by atoms with Gasteiger partial charge < -0.3 is 89.7 Å². The predicted molar refractivity (Wildman–Crippen MR) is 184 cm³/mol. The van der Waals surface area contributed by atoms with E-state index in [9.17, 15) is 85.3 Å². The standard InChI is InChI=1S/C36H30O23/c1-11(37)55-36-31(59-35(53)15-8-22(44)28(49)23(45)9-15)30(58-34(52)14-6-20(42)27(48)21(43)7-14)29(57-33(51)13-4-18(40)26(47)19(41)5-13)24(56-36)10-54-32(50)12-2-16(38)25(46)17(39)3-12/h2-9,24,29-31,36,38-49H,10H2,1H3/t24?,29-,30?,31-,36+/m1/s1. The van der Waals surface area contributed by atoms with Gasteiger partial charge in [-0.25, -0.2) is 19.2 Å². The summed E-state index contributed by atoms with van der Waals surface area (Å²) in [6.45, 7) is -0.284. The van der Waals surface area contributed by atoms with E-state index < -0.39 is 158 Å². The Morgan fingerprint density at radius 1 is 0.441 bits per heavy atom. The molecule has 0 spiro atoms.